The Hall–Kier alpha value is -2.15. The minimum Gasteiger partial charge on any atom is -0.308 e. The van der Waals surface area contributed by atoms with E-state index >= 15 is 0 Å². The van der Waals surface area contributed by atoms with Gasteiger partial charge in [0, 0.05) is 30.5 Å². The van der Waals surface area contributed by atoms with Crippen molar-refractivity contribution >= 4 is 39.6 Å². The first-order valence-electron chi connectivity index (χ1n) is 8.68. The van der Waals surface area contributed by atoms with Crippen LogP contribution in [0.1, 0.15) is 11.3 Å². The predicted octanol–water partition coefficient (Wildman–Crippen LogP) is 3.98. The van der Waals surface area contributed by atoms with Crippen molar-refractivity contribution in [2.45, 2.75) is 20.4 Å². The van der Waals surface area contributed by atoms with E-state index in [-0.39, 0.29) is 17.3 Å². The maximum Gasteiger partial charge on any atom is 0.308 e. The van der Waals surface area contributed by atoms with Gasteiger partial charge in [0.15, 0.2) is 0 Å². The molecule has 0 N–H and O–H groups in total. The first-order chi connectivity index (χ1) is 12.4. The molecule has 3 aromatic heterocycles. The number of imidazole rings is 1. The fourth-order valence-electron chi connectivity index (χ4n) is 3.26. The van der Waals surface area contributed by atoms with Gasteiger partial charge in [-0.05, 0) is 57.8 Å². The number of aromatic nitrogens is 3. The summed E-state index contributed by atoms with van der Waals surface area (Å²) in [5, 5.41) is 0. The number of pyridine rings is 1. The first-order valence-corrected chi connectivity index (χ1v) is 9.49. The van der Waals surface area contributed by atoms with Crippen LogP contribution in [0, 0.1) is 13.8 Å². The number of hydrogen-bond donors (Lipinski definition) is 0. The molecular formula is C20H23ClN4OS. The molecule has 0 atom stereocenters. The van der Waals surface area contributed by atoms with Crippen LogP contribution in [0.3, 0.4) is 0 Å². The Morgan fingerprint density at radius 1 is 1.15 bits per heavy atom. The number of rotatable bonds is 4. The molecule has 0 saturated carbocycles. The molecule has 5 nitrogen and oxygen atoms in total. The van der Waals surface area contributed by atoms with Crippen molar-refractivity contribution in [2.24, 2.45) is 0 Å². The summed E-state index contributed by atoms with van der Waals surface area (Å²) < 4.78 is 5.01. The number of fused-ring (bicyclic) bond motifs is 2. The summed E-state index contributed by atoms with van der Waals surface area (Å²) in [5.74, 6) is 0. The molecule has 0 amide bonds. The monoisotopic (exact) mass is 402 g/mol. The van der Waals surface area contributed by atoms with Gasteiger partial charge in [-0.15, -0.1) is 12.4 Å². The summed E-state index contributed by atoms with van der Waals surface area (Å²) in [4.78, 5) is 19.4. The number of halogens is 1. The highest BCUT2D eigenvalue weighted by molar-refractivity contribution is 7.16. The van der Waals surface area contributed by atoms with Gasteiger partial charge in [-0.2, -0.15) is 0 Å². The molecule has 0 spiro atoms. The fraction of sp³-hybridized carbons (Fsp3) is 0.300. The van der Waals surface area contributed by atoms with Crippen LogP contribution in [0.2, 0.25) is 0 Å². The molecule has 3 heterocycles. The highest BCUT2D eigenvalue weighted by atomic mass is 35.5. The van der Waals surface area contributed by atoms with Gasteiger partial charge in [0.2, 0.25) is 0 Å². The van der Waals surface area contributed by atoms with E-state index in [4.69, 9.17) is 4.98 Å². The number of nitrogens with zero attached hydrogens (tertiary/aromatic N) is 4. The summed E-state index contributed by atoms with van der Waals surface area (Å²) in [7, 11) is 4.04. The van der Waals surface area contributed by atoms with Crippen molar-refractivity contribution in [3.05, 3.63) is 57.5 Å². The Balaban J connectivity index is 0.00000210. The highest BCUT2D eigenvalue weighted by Crippen LogP contribution is 2.28. The van der Waals surface area contributed by atoms with Crippen LogP contribution >= 0.6 is 23.7 Å². The lowest BCUT2D eigenvalue weighted by molar-refractivity contribution is 0.385. The average Bonchev–Trinajstić information content (AvgIpc) is 3.08. The Morgan fingerprint density at radius 2 is 1.93 bits per heavy atom. The first kappa shape index (κ1) is 19.6. The second-order valence-corrected chi connectivity index (χ2v) is 7.98. The Bertz CT molecular complexity index is 1170. The second kappa shape index (κ2) is 7.46. The molecule has 0 aliphatic carbocycles. The quantitative estimate of drug-likeness (QED) is 0.518. The van der Waals surface area contributed by atoms with E-state index < -0.39 is 0 Å². The lowest BCUT2D eigenvalue weighted by atomic mass is 10.1. The average molecular weight is 403 g/mol. The Labute approximate surface area is 168 Å². The molecule has 7 heteroatoms. The molecule has 0 fully saturated rings. The van der Waals surface area contributed by atoms with Crippen molar-refractivity contribution in [3.8, 4) is 11.3 Å². The fourth-order valence-corrected chi connectivity index (χ4v) is 4.16. The third-order valence-electron chi connectivity index (χ3n) is 4.73. The number of thiazole rings is 1. The van der Waals surface area contributed by atoms with E-state index in [2.05, 4.69) is 53.6 Å². The zero-order chi connectivity index (χ0) is 18.4. The molecule has 0 aliphatic heterocycles. The number of likely N-dealkylation sites (N-methyl/N-ethyl adjacent to an activating group) is 1. The van der Waals surface area contributed by atoms with Gasteiger partial charge < -0.3 is 9.30 Å². The normalized spacial score (nSPS) is 11.4. The van der Waals surface area contributed by atoms with E-state index in [0.29, 0.717) is 6.54 Å². The highest BCUT2D eigenvalue weighted by Gasteiger charge is 2.14. The van der Waals surface area contributed by atoms with Crippen LogP contribution in [0.15, 0.2) is 41.3 Å². The van der Waals surface area contributed by atoms with Crippen LogP contribution in [-0.4, -0.2) is 39.5 Å². The third kappa shape index (κ3) is 3.52. The molecule has 0 bridgehead atoms. The molecule has 4 aromatic rings. The maximum absolute atomic E-state index is 12.4. The standard InChI is InChI=1S/C20H22N4OS.ClH/c1-13-7-8-23-14(2)19(21-18(23)11-13)15-5-6-17-16(12-15)24(20(25)26-17)10-9-22(3)4;/h5-8,11-12H,9-10H2,1-4H3;1H. The molecule has 1 aromatic carbocycles. The van der Waals surface area contributed by atoms with Crippen LogP contribution in [0.5, 0.6) is 0 Å². The van der Waals surface area contributed by atoms with Gasteiger partial charge in [0.05, 0.1) is 15.9 Å². The number of aryl methyl sites for hydroxylation is 2. The minimum absolute atomic E-state index is 0. The number of hydrogen-bond acceptors (Lipinski definition) is 4. The Kier molecular flexibility index (Phi) is 5.42. The smallest absolute Gasteiger partial charge is 0.308 e. The molecule has 4 rings (SSSR count). The SMILES string of the molecule is Cc1ccn2c(C)c(-c3ccc4sc(=O)n(CCN(C)C)c4c3)nc2c1.Cl. The molecule has 0 unspecified atom stereocenters. The van der Waals surface area contributed by atoms with Crippen molar-refractivity contribution in [3.63, 3.8) is 0 Å². The van der Waals surface area contributed by atoms with Gasteiger partial charge in [0.1, 0.15) is 5.65 Å². The molecular weight excluding hydrogens is 380 g/mol. The van der Waals surface area contributed by atoms with E-state index in [1.165, 1.54) is 16.9 Å². The predicted molar refractivity (Wildman–Crippen MR) is 116 cm³/mol. The van der Waals surface area contributed by atoms with Crippen LogP contribution in [-0.2, 0) is 6.54 Å². The molecule has 27 heavy (non-hydrogen) atoms. The van der Waals surface area contributed by atoms with Crippen LogP contribution in [0.4, 0.5) is 0 Å². The van der Waals surface area contributed by atoms with E-state index in [1.807, 2.05) is 24.7 Å². The molecule has 0 aliphatic rings. The number of benzene rings is 1. The van der Waals surface area contributed by atoms with E-state index in [9.17, 15) is 4.79 Å². The lowest BCUT2D eigenvalue weighted by Crippen LogP contribution is -2.23. The van der Waals surface area contributed by atoms with Gasteiger partial charge in [-0.25, -0.2) is 4.98 Å². The zero-order valence-corrected chi connectivity index (χ0v) is 17.5. The minimum atomic E-state index is 0. The summed E-state index contributed by atoms with van der Waals surface area (Å²) in [5.41, 5.74) is 6.26. The van der Waals surface area contributed by atoms with Crippen LogP contribution in [0.25, 0.3) is 27.1 Å². The van der Waals surface area contributed by atoms with E-state index in [1.54, 1.807) is 0 Å². The van der Waals surface area contributed by atoms with Gasteiger partial charge in [-0.3, -0.25) is 9.36 Å². The summed E-state index contributed by atoms with van der Waals surface area (Å²) in [6, 6.07) is 10.4. The molecule has 0 saturated heterocycles. The van der Waals surface area contributed by atoms with Crippen molar-refractivity contribution in [2.75, 3.05) is 20.6 Å². The Morgan fingerprint density at radius 3 is 2.67 bits per heavy atom. The van der Waals surface area contributed by atoms with Gasteiger partial charge in [-0.1, -0.05) is 17.4 Å². The van der Waals surface area contributed by atoms with Crippen LogP contribution < -0.4 is 4.87 Å². The zero-order valence-electron chi connectivity index (χ0n) is 15.9. The van der Waals surface area contributed by atoms with Gasteiger partial charge >= 0.3 is 4.87 Å². The second-order valence-electron chi connectivity index (χ2n) is 6.98. The third-order valence-corrected chi connectivity index (χ3v) is 5.69. The summed E-state index contributed by atoms with van der Waals surface area (Å²) in [6.45, 7) is 5.69. The summed E-state index contributed by atoms with van der Waals surface area (Å²) in [6.07, 6.45) is 2.06. The lowest BCUT2D eigenvalue weighted by Gasteiger charge is -2.10. The largest absolute Gasteiger partial charge is 0.308 e. The van der Waals surface area contributed by atoms with Crippen molar-refractivity contribution in [1.82, 2.24) is 18.9 Å². The van der Waals surface area contributed by atoms with Gasteiger partial charge in [0.25, 0.3) is 0 Å². The summed E-state index contributed by atoms with van der Waals surface area (Å²) >= 11 is 1.31. The maximum atomic E-state index is 12.4. The van der Waals surface area contributed by atoms with E-state index in [0.717, 1.165) is 39.4 Å². The molecule has 142 valence electrons. The van der Waals surface area contributed by atoms with Crippen molar-refractivity contribution < 1.29 is 0 Å². The van der Waals surface area contributed by atoms with Crippen molar-refractivity contribution in [1.29, 1.82) is 0 Å². The molecule has 0 radical (unpaired) electrons. The topological polar surface area (TPSA) is 42.5 Å².